The maximum absolute atomic E-state index is 11.8. The van der Waals surface area contributed by atoms with E-state index in [1.807, 2.05) is 30.5 Å². The lowest BCUT2D eigenvalue weighted by Crippen LogP contribution is -2.34. The molecule has 2 aromatic rings. The molecule has 2 rings (SSSR count). The third-order valence-corrected chi connectivity index (χ3v) is 3.42. The quantitative estimate of drug-likeness (QED) is 0.654. The van der Waals surface area contributed by atoms with Gasteiger partial charge in [0.25, 0.3) is 11.8 Å². The summed E-state index contributed by atoms with van der Waals surface area (Å²) in [6.45, 7) is 1.79. The van der Waals surface area contributed by atoms with E-state index in [9.17, 15) is 9.59 Å². The molecule has 21 heavy (non-hydrogen) atoms. The molecule has 0 saturated heterocycles. The van der Waals surface area contributed by atoms with E-state index in [2.05, 4.69) is 15.8 Å². The van der Waals surface area contributed by atoms with Crippen LogP contribution in [0.3, 0.4) is 0 Å². The van der Waals surface area contributed by atoms with Crippen LogP contribution in [-0.2, 0) is 4.79 Å². The number of rotatable bonds is 5. The third-order valence-electron chi connectivity index (χ3n) is 2.61. The SMILES string of the molecule is Cc1cccc(C(=O)NCC(=O)N/N=C\c2cccs2)c1. The Morgan fingerprint density at radius 2 is 2.14 bits per heavy atom. The zero-order chi connectivity index (χ0) is 15.1. The maximum atomic E-state index is 11.8. The zero-order valence-corrected chi connectivity index (χ0v) is 12.3. The summed E-state index contributed by atoms with van der Waals surface area (Å²) in [6.07, 6.45) is 1.56. The molecule has 108 valence electrons. The molecular weight excluding hydrogens is 286 g/mol. The van der Waals surface area contributed by atoms with Crippen LogP contribution in [0.2, 0.25) is 0 Å². The highest BCUT2D eigenvalue weighted by molar-refractivity contribution is 7.11. The lowest BCUT2D eigenvalue weighted by Gasteiger charge is -2.04. The van der Waals surface area contributed by atoms with Crippen molar-refractivity contribution in [2.45, 2.75) is 6.92 Å². The van der Waals surface area contributed by atoms with Crippen molar-refractivity contribution in [2.75, 3.05) is 6.54 Å². The molecule has 0 radical (unpaired) electrons. The highest BCUT2D eigenvalue weighted by Crippen LogP contribution is 2.04. The second-order valence-electron chi connectivity index (χ2n) is 4.36. The van der Waals surface area contributed by atoms with Gasteiger partial charge in [-0.15, -0.1) is 11.3 Å². The van der Waals surface area contributed by atoms with Gasteiger partial charge in [0, 0.05) is 10.4 Å². The van der Waals surface area contributed by atoms with Crippen molar-refractivity contribution in [1.82, 2.24) is 10.7 Å². The minimum Gasteiger partial charge on any atom is -0.343 e. The molecule has 1 aromatic carbocycles. The molecule has 2 N–H and O–H groups in total. The number of hydrogen-bond donors (Lipinski definition) is 2. The summed E-state index contributed by atoms with van der Waals surface area (Å²) in [5.41, 5.74) is 3.89. The molecular formula is C15H15N3O2S. The van der Waals surface area contributed by atoms with E-state index in [0.29, 0.717) is 5.56 Å². The summed E-state index contributed by atoms with van der Waals surface area (Å²) in [4.78, 5) is 24.3. The zero-order valence-electron chi connectivity index (χ0n) is 11.5. The number of hydrogen-bond acceptors (Lipinski definition) is 4. The molecule has 0 fully saturated rings. The molecule has 0 aliphatic rings. The van der Waals surface area contributed by atoms with Gasteiger partial charge in [-0.3, -0.25) is 9.59 Å². The number of benzene rings is 1. The molecule has 0 aliphatic heterocycles. The number of aryl methyl sites for hydroxylation is 1. The standard InChI is InChI=1S/C15H15N3O2S/c1-11-4-2-5-12(8-11)15(20)16-10-14(19)18-17-9-13-6-3-7-21-13/h2-9H,10H2,1H3,(H,16,20)(H,18,19)/b17-9-. The molecule has 0 bridgehead atoms. The minimum atomic E-state index is -0.371. The van der Waals surface area contributed by atoms with Gasteiger partial charge < -0.3 is 5.32 Å². The molecule has 1 heterocycles. The third kappa shape index (κ3) is 4.85. The highest BCUT2D eigenvalue weighted by atomic mass is 32.1. The Balaban J connectivity index is 1.77. The van der Waals surface area contributed by atoms with E-state index in [1.54, 1.807) is 24.4 Å². The number of thiophene rings is 1. The van der Waals surface area contributed by atoms with Crippen molar-refractivity contribution in [3.8, 4) is 0 Å². The highest BCUT2D eigenvalue weighted by Gasteiger charge is 2.07. The average molecular weight is 301 g/mol. The Kier molecular flexibility index (Phi) is 5.22. The molecule has 0 saturated carbocycles. The van der Waals surface area contributed by atoms with Gasteiger partial charge in [-0.2, -0.15) is 5.10 Å². The van der Waals surface area contributed by atoms with Gasteiger partial charge in [0.2, 0.25) is 0 Å². The van der Waals surface area contributed by atoms with E-state index in [-0.39, 0.29) is 18.4 Å². The van der Waals surface area contributed by atoms with E-state index in [0.717, 1.165) is 10.4 Å². The van der Waals surface area contributed by atoms with E-state index < -0.39 is 0 Å². The topological polar surface area (TPSA) is 70.6 Å². The average Bonchev–Trinajstić information content (AvgIpc) is 2.98. The van der Waals surface area contributed by atoms with Crippen LogP contribution in [0.25, 0.3) is 0 Å². The number of carbonyl (C=O) groups is 2. The number of nitrogens with zero attached hydrogens (tertiary/aromatic N) is 1. The predicted molar refractivity (Wildman–Crippen MR) is 83.6 cm³/mol. The summed E-state index contributed by atoms with van der Waals surface area (Å²) in [7, 11) is 0. The summed E-state index contributed by atoms with van der Waals surface area (Å²) < 4.78 is 0. The van der Waals surface area contributed by atoms with Crippen LogP contribution in [0.4, 0.5) is 0 Å². The molecule has 6 heteroatoms. The second-order valence-corrected chi connectivity index (χ2v) is 5.34. The molecule has 0 unspecified atom stereocenters. The molecule has 0 aliphatic carbocycles. The van der Waals surface area contributed by atoms with Crippen molar-refractivity contribution in [2.24, 2.45) is 5.10 Å². The lowest BCUT2D eigenvalue weighted by atomic mass is 10.1. The minimum absolute atomic E-state index is 0.117. The summed E-state index contributed by atoms with van der Waals surface area (Å²) >= 11 is 1.52. The van der Waals surface area contributed by atoms with Gasteiger partial charge in [0.05, 0.1) is 12.8 Å². The largest absolute Gasteiger partial charge is 0.343 e. The maximum Gasteiger partial charge on any atom is 0.259 e. The molecule has 1 aromatic heterocycles. The normalized spacial score (nSPS) is 10.5. The Hall–Kier alpha value is -2.47. The van der Waals surface area contributed by atoms with Crippen molar-refractivity contribution >= 4 is 29.4 Å². The van der Waals surface area contributed by atoms with Crippen molar-refractivity contribution in [3.05, 3.63) is 57.8 Å². The predicted octanol–water partition coefficient (Wildman–Crippen LogP) is 1.94. The van der Waals surface area contributed by atoms with Gasteiger partial charge in [-0.25, -0.2) is 5.43 Å². The first-order valence-electron chi connectivity index (χ1n) is 6.35. The molecule has 0 spiro atoms. The number of carbonyl (C=O) groups excluding carboxylic acids is 2. The van der Waals surface area contributed by atoms with Crippen LogP contribution >= 0.6 is 11.3 Å². The van der Waals surface area contributed by atoms with Crippen LogP contribution < -0.4 is 10.7 Å². The first-order chi connectivity index (χ1) is 10.1. The fraction of sp³-hybridized carbons (Fsp3) is 0.133. The van der Waals surface area contributed by atoms with Crippen LogP contribution in [0.1, 0.15) is 20.8 Å². The van der Waals surface area contributed by atoms with Gasteiger partial charge in [-0.05, 0) is 30.5 Å². The van der Waals surface area contributed by atoms with Crippen molar-refractivity contribution in [1.29, 1.82) is 0 Å². The first kappa shape index (κ1) is 14.9. The summed E-state index contributed by atoms with van der Waals surface area (Å²) in [6, 6.07) is 11.0. The van der Waals surface area contributed by atoms with Crippen LogP contribution in [0.15, 0.2) is 46.9 Å². The van der Waals surface area contributed by atoms with Gasteiger partial charge in [0.15, 0.2) is 0 Å². The van der Waals surface area contributed by atoms with E-state index in [1.165, 1.54) is 11.3 Å². The Morgan fingerprint density at radius 3 is 2.86 bits per heavy atom. The molecule has 5 nitrogen and oxygen atoms in total. The summed E-state index contributed by atoms with van der Waals surface area (Å²) in [5.74, 6) is -0.653. The van der Waals surface area contributed by atoms with Crippen molar-refractivity contribution in [3.63, 3.8) is 0 Å². The van der Waals surface area contributed by atoms with Gasteiger partial charge >= 0.3 is 0 Å². The Labute approximate surface area is 126 Å². The first-order valence-corrected chi connectivity index (χ1v) is 7.23. The van der Waals surface area contributed by atoms with Crippen molar-refractivity contribution < 1.29 is 9.59 Å². The lowest BCUT2D eigenvalue weighted by molar-refractivity contribution is -0.120. The number of amides is 2. The summed E-state index contributed by atoms with van der Waals surface area (Å²) in [5, 5.41) is 8.28. The van der Waals surface area contributed by atoms with Gasteiger partial charge in [-0.1, -0.05) is 23.8 Å². The van der Waals surface area contributed by atoms with Crippen LogP contribution in [-0.4, -0.2) is 24.6 Å². The van der Waals surface area contributed by atoms with Crippen LogP contribution in [0.5, 0.6) is 0 Å². The van der Waals surface area contributed by atoms with Crippen LogP contribution in [0, 0.1) is 6.92 Å². The van der Waals surface area contributed by atoms with E-state index >= 15 is 0 Å². The van der Waals surface area contributed by atoms with Gasteiger partial charge in [0.1, 0.15) is 0 Å². The number of nitrogens with one attached hydrogen (secondary N) is 2. The Bertz CT molecular complexity index is 651. The smallest absolute Gasteiger partial charge is 0.259 e. The molecule has 2 amide bonds. The van der Waals surface area contributed by atoms with E-state index in [4.69, 9.17) is 0 Å². The fourth-order valence-electron chi connectivity index (χ4n) is 1.62. The fourth-order valence-corrected chi connectivity index (χ4v) is 2.21. The molecule has 0 atom stereocenters. The number of hydrazone groups is 1. The Morgan fingerprint density at radius 1 is 1.29 bits per heavy atom. The monoisotopic (exact) mass is 301 g/mol. The second kappa shape index (κ2) is 7.35.